The number of hydrogen-bond donors (Lipinski definition) is 0. The summed E-state index contributed by atoms with van der Waals surface area (Å²) in [5.41, 5.74) is 3.64. The van der Waals surface area contributed by atoms with E-state index in [4.69, 9.17) is 4.99 Å². The fourth-order valence-corrected chi connectivity index (χ4v) is 8.64. The van der Waals surface area contributed by atoms with Gasteiger partial charge in [-0.15, -0.1) is 11.3 Å². The fourth-order valence-electron chi connectivity index (χ4n) is 7.38. The van der Waals surface area contributed by atoms with Crippen molar-refractivity contribution in [2.75, 3.05) is 14.1 Å². The Morgan fingerprint density at radius 3 is 2.37 bits per heavy atom. The van der Waals surface area contributed by atoms with Crippen LogP contribution in [0.3, 0.4) is 0 Å². The minimum absolute atomic E-state index is 0.175. The molecule has 8 rings (SSSR count). The Hall–Kier alpha value is -3.93. The van der Waals surface area contributed by atoms with Gasteiger partial charge in [0, 0.05) is 49.5 Å². The van der Waals surface area contributed by atoms with Crippen molar-refractivity contribution < 1.29 is 0 Å². The molecular formula is C36H34N4S. The van der Waals surface area contributed by atoms with Gasteiger partial charge in [0.05, 0.1) is 17.2 Å². The van der Waals surface area contributed by atoms with E-state index < -0.39 is 0 Å². The molecule has 1 aliphatic heterocycles. The Morgan fingerprint density at radius 1 is 0.780 bits per heavy atom. The van der Waals surface area contributed by atoms with Crippen LogP contribution in [0.4, 0.5) is 0 Å². The molecule has 0 bridgehead atoms. The van der Waals surface area contributed by atoms with Crippen LogP contribution in [-0.2, 0) is 0 Å². The highest BCUT2D eigenvalue weighted by molar-refractivity contribution is 7.26. The largest absolute Gasteiger partial charge is 0.343 e. The van der Waals surface area contributed by atoms with E-state index in [0.717, 1.165) is 12.3 Å². The van der Waals surface area contributed by atoms with Gasteiger partial charge in [-0.2, -0.15) is 0 Å². The first-order chi connectivity index (χ1) is 20.1. The number of allylic oxidation sites excluding steroid dienone is 1. The smallest absolute Gasteiger partial charge is 0.186 e. The molecule has 204 valence electrons. The van der Waals surface area contributed by atoms with Crippen LogP contribution in [0.25, 0.3) is 42.0 Å². The molecule has 6 aromatic rings. The van der Waals surface area contributed by atoms with Crippen LogP contribution in [0.1, 0.15) is 31.6 Å². The Morgan fingerprint density at radius 2 is 1.54 bits per heavy atom. The summed E-state index contributed by atoms with van der Waals surface area (Å²) in [6.07, 6.45) is 7.21. The van der Waals surface area contributed by atoms with Gasteiger partial charge in [-0.3, -0.25) is 0 Å². The third-order valence-electron chi connectivity index (χ3n) is 9.21. The lowest BCUT2D eigenvalue weighted by molar-refractivity contribution is 0.0116. The lowest BCUT2D eigenvalue weighted by atomic mass is 9.85. The average molecular weight is 555 g/mol. The second-order valence-electron chi connectivity index (χ2n) is 11.8. The van der Waals surface area contributed by atoms with Gasteiger partial charge in [0.2, 0.25) is 0 Å². The lowest BCUT2D eigenvalue weighted by Crippen LogP contribution is -2.57. The summed E-state index contributed by atoms with van der Waals surface area (Å²) in [5, 5.41) is 5.31. The molecule has 4 nitrogen and oxygen atoms in total. The summed E-state index contributed by atoms with van der Waals surface area (Å²) in [5.74, 6) is 2.16. The fraction of sp³-hybridized carbons (Fsp3) is 0.250. The number of hydrogen-bond acceptors (Lipinski definition) is 4. The molecule has 2 aliphatic rings. The van der Waals surface area contributed by atoms with Crippen LogP contribution in [0.2, 0.25) is 0 Å². The predicted octanol–water partition coefficient (Wildman–Crippen LogP) is 8.87. The number of nitrogens with zero attached hydrogens (tertiary/aromatic N) is 4. The molecule has 0 amide bonds. The zero-order valence-electron chi connectivity index (χ0n) is 23.7. The molecule has 1 aliphatic carbocycles. The first kappa shape index (κ1) is 24.8. The van der Waals surface area contributed by atoms with Crippen LogP contribution in [0, 0.1) is 11.8 Å². The molecule has 0 fully saturated rings. The van der Waals surface area contributed by atoms with E-state index in [2.05, 4.69) is 139 Å². The highest BCUT2D eigenvalue weighted by atomic mass is 32.1. The number of benzene rings is 4. The third-order valence-corrected chi connectivity index (χ3v) is 10.4. The van der Waals surface area contributed by atoms with Crippen LogP contribution in [0.5, 0.6) is 0 Å². The van der Waals surface area contributed by atoms with E-state index in [1.807, 2.05) is 11.3 Å². The predicted molar refractivity (Wildman–Crippen MR) is 175 cm³/mol. The van der Waals surface area contributed by atoms with Crippen LogP contribution in [-0.4, -0.2) is 40.5 Å². The zero-order valence-corrected chi connectivity index (χ0v) is 24.6. The van der Waals surface area contributed by atoms with Gasteiger partial charge in [-0.1, -0.05) is 91.9 Å². The Balaban J connectivity index is 1.40. The normalized spacial score (nSPS) is 23.7. The highest BCUT2D eigenvalue weighted by Crippen LogP contribution is 2.45. The molecule has 0 radical (unpaired) electrons. The molecular weight excluding hydrogens is 520 g/mol. The zero-order chi connectivity index (χ0) is 27.7. The number of thiophene rings is 1. The maximum atomic E-state index is 5.55. The average Bonchev–Trinajstić information content (AvgIpc) is 3.54. The van der Waals surface area contributed by atoms with Crippen LogP contribution >= 0.6 is 11.3 Å². The van der Waals surface area contributed by atoms with E-state index in [1.165, 1.54) is 54.0 Å². The molecule has 0 spiro atoms. The quantitative estimate of drug-likeness (QED) is 0.204. The number of para-hydroxylation sites is 1. The second-order valence-corrected chi connectivity index (χ2v) is 12.9. The summed E-state index contributed by atoms with van der Waals surface area (Å²) in [6, 6.07) is 33.1. The van der Waals surface area contributed by atoms with E-state index in [1.54, 1.807) is 0 Å². The van der Waals surface area contributed by atoms with E-state index in [0.29, 0.717) is 11.8 Å². The van der Waals surface area contributed by atoms with Crippen molar-refractivity contribution in [3.05, 3.63) is 109 Å². The molecule has 0 saturated carbocycles. The molecule has 0 saturated heterocycles. The Kier molecular flexibility index (Phi) is 5.80. The molecule has 5 heteroatoms. The van der Waals surface area contributed by atoms with Crippen molar-refractivity contribution in [2.24, 2.45) is 16.8 Å². The molecule has 3 heterocycles. The van der Waals surface area contributed by atoms with Gasteiger partial charge in [0.1, 0.15) is 5.84 Å². The van der Waals surface area contributed by atoms with Crippen molar-refractivity contribution in [3.8, 4) is 0 Å². The molecule has 2 aromatic heterocycles. The number of amidine groups is 1. The van der Waals surface area contributed by atoms with Crippen molar-refractivity contribution in [2.45, 2.75) is 32.2 Å². The van der Waals surface area contributed by atoms with E-state index in [9.17, 15) is 0 Å². The minimum Gasteiger partial charge on any atom is -0.343 e. The Labute approximate surface area is 244 Å². The summed E-state index contributed by atoms with van der Waals surface area (Å²) in [4.78, 5) is 10.5. The monoisotopic (exact) mass is 554 g/mol. The number of aliphatic imine (C=N–C) groups is 1. The summed E-state index contributed by atoms with van der Waals surface area (Å²) in [6.45, 7) is 2.38. The first-order valence-corrected chi connectivity index (χ1v) is 15.5. The summed E-state index contributed by atoms with van der Waals surface area (Å²) in [7, 11) is 4.49. The molecule has 4 aromatic carbocycles. The van der Waals surface area contributed by atoms with E-state index >= 15 is 0 Å². The van der Waals surface area contributed by atoms with Gasteiger partial charge < -0.3 is 9.47 Å². The van der Waals surface area contributed by atoms with Crippen molar-refractivity contribution in [3.63, 3.8) is 0 Å². The van der Waals surface area contributed by atoms with Crippen molar-refractivity contribution >= 4 is 59.2 Å². The maximum absolute atomic E-state index is 5.55. The summed E-state index contributed by atoms with van der Waals surface area (Å²) >= 11 is 1.91. The third kappa shape index (κ3) is 3.79. The number of fused-ring (bicyclic) bond motifs is 7. The van der Waals surface area contributed by atoms with Gasteiger partial charge in [-0.25, -0.2) is 9.89 Å². The number of rotatable bonds is 3. The maximum Gasteiger partial charge on any atom is 0.186 e. The Bertz CT molecular complexity index is 1980. The van der Waals surface area contributed by atoms with Crippen molar-refractivity contribution in [1.82, 2.24) is 14.4 Å². The topological polar surface area (TPSA) is 23.8 Å². The van der Waals surface area contributed by atoms with Crippen molar-refractivity contribution in [1.29, 1.82) is 0 Å². The standard InChI is InChI=1S/C36H34N4S/c1-23-12-11-15-25(22-23)35-38(2)34(24-13-5-4-6-14-24)37-36(39(35)3)40-29-18-9-7-17-28(29)32-30(40)21-20-27-26-16-8-10-19-31(26)41-33(27)32/h4-11,13-21,23,25,35-36H,12,22H2,1-3H3. The molecule has 0 N–H and O–H groups in total. The van der Waals surface area contributed by atoms with Gasteiger partial charge in [0.25, 0.3) is 0 Å². The lowest BCUT2D eigenvalue weighted by Gasteiger charge is -2.48. The van der Waals surface area contributed by atoms with Gasteiger partial charge in [0.15, 0.2) is 6.29 Å². The van der Waals surface area contributed by atoms with Gasteiger partial charge in [-0.05, 0) is 44.0 Å². The second kappa shape index (κ2) is 9.57. The SMILES string of the molecule is CC1CC=CC(C2N(C)C(c3ccccc3)=NC(n3c4ccccc4c4c5sc6ccccc6c5ccc43)N2C)C1. The molecule has 41 heavy (non-hydrogen) atoms. The van der Waals surface area contributed by atoms with Crippen LogP contribution < -0.4 is 0 Å². The first-order valence-electron chi connectivity index (χ1n) is 14.7. The van der Waals surface area contributed by atoms with Crippen LogP contribution in [0.15, 0.2) is 108 Å². The summed E-state index contributed by atoms with van der Waals surface area (Å²) < 4.78 is 5.20. The molecule has 4 unspecified atom stereocenters. The number of aromatic nitrogens is 1. The highest BCUT2D eigenvalue weighted by Gasteiger charge is 2.40. The minimum atomic E-state index is -0.175. The van der Waals surface area contributed by atoms with Gasteiger partial charge >= 0.3 is 0 Å². The molecule has 4 atom stereocenters. The van der Waals surface area contributed by atoms with E-state index in [-0.39, 0.29) is 12.5 Å².